The molecule has 1 N–H and O–H groups in total. The molecular formula is C20H17N3O2S. The quantitative estimate of drug-likeness (QED) is 0.572. The summed E-state index contributed by atoms with van der Waals surface area (Å²) in [6.07, 6.45) is 3.34. The van der Waals surface area contributed by atoms with E-state index >= 15 is 0 Å². The smallest absolute Gasteiger partial charge is 0.258 e. The fraction of sp³-hybridized carbons (Fsp3) is 0.100. The number of rotatable bonds is 5. The first-order valence-electron chi connectivity index (χ1n) is 8.16. The van der Waals surface area contributed by atoms with Crippen LogP contribution in [0.3, 0.4) is 0 Å². The number of anilines is 1. The number of aromatic nitrogens is 2. The lowest BCUT2D eigenvalue weighted by Crippen LogP contribution is -2.22. The lowest BCUT2D eigenvalue weighted by atomic mass is 10.1. The van der Waals surface area contributed by atoms with Crippen LogP contribution in [0.25, 0.3) is 16.2 Å². The van der Waals surface area contributed by atoms with E-state index in [9.17, 15) is 4.79 Å². The number of amides is 1. The highest BCUT2D eigenvalue weighted by Crippen LogP contribution is 2.24. The first-order chi connectivity index (χ1) is 12.7. The van der Waals surface area contributed by atoms with Gasteiger partial charge in [0.15, 0.2) is 11.1 Å². The van der Waals surface area contributed by atoms with Crippen LogP contribution in [-0.2, 0) is 9.53 Å². The Morgan fingerprint density at radius 1 is 1.15 bits per heavy atom. The molecule has 1 atom stereocenters. The maximum absolute atomic E-state index is 12.5. The van der Waals surface area contributed by atoms with Gasteiger partial charge in [0.2, 0.25) is 0 Å². The minimum Gasteiger partial charge on any atom is -0.367 e. The zero-order valence-corrected chi connectivity index (χ0v) is 14.9. The maximum atomic E-state index is 12.5. The Morgan fingerprint density at radius 2 is 1.92 bits per heavy atom. The number of benzene rings is 2. The van der Waals surface area contributed by atoms with Crippen molar-refractivity contribution in [2.45, 2.75) is 6.10 Å². The molecule has 4 aromatic rings. The van der Waals surface area contributed by atoms with Gasteiger partial charge in [0, 0.05) is 36.1 Å². The molecule has 0 spiro atoms. The van der Waals surface area contributed by atoms with E-state index in [0.717, 1.165) is 27.5 Å². The number of thiazole rings is 1. The first-order valence-corrected chi connectivity index (χ1v) is 9.04. The van der Waals surface area contributed by atoms with Crippen molar-refractivity contribution < 1.29 is 9.53 Å². The van der Waals surface area contributed by atoms with Crippen molar-refractivity contribution in [3.63, 3.8) is 0 Å². The van der Waals surface area contributed by atoms with Gasteiger partial charge in [-0.1, -0.05) is 42.5 Å². The summed E-state index contributed by atoms with van der Waals surface area (Å²) in [6.45, 7) is 0. The third kappa shape index (κ3) is 3.24. The fourth-order valence-corrected chi connectivity index (χ4v) is 3.52. The lowest BCUT2D eigenvalue weighted by molar-refractivity contribution is -0.126. The summed E-state index contributed by atoms with van der Waals surface area (Å²) in [5, 5.41) is 4.91. The van der Waals surface area contributed by atoms with Crippen molar-refractivity contribution in [1.29, 1.82) is 0 Å². The van der Waals surface area contributed by atoms with Crippen molar-refractivity contribution >= 4 is 27.9 Å². The third-order valence-electron chi connectivity index (χ3n) is 4.12. The van der Waals surface area contributed by atoms with E-state index in [-0.39, 0.29) is 5.91 Å². The summed E-state index contributed by atoms with van der Waals surface area (Å²) in [5.41, 5.74) is 3.46. The lowest BCUT2D eigenvalue weighted by Gasteiger charge is -2.15. The van der Waals surface area contributed by atoms with Crippen LogP contribution in [-0.4, -0.2) is 22.4 Å². The second-order valence-electron chi connectivity index (χ2n) is 5.81. The van der Waals surface area contributed by atoms with Crippen LogP contribution in [0.4, 0.5) is 5.69 Å². The predicted octanol–water partition coefficient (Wildman–Crippen LogP) is 4.39. The summed E-state index contributed by atoms with van der Waals surface area (Å²) < 4.78 is 7.36. The number of carbonyl (C=O) groups is 1. The molecule has 2 heterocycles. The zero-order chi connectivity index (χ0) is 17.9. The normalized spacial score (nSPS) is 12.2. The van der Waals surface area contributed by atoms with Gasteiger partial charge in [-0.3, -0.25) is 9.20 Å². The summed E-state index contributed by atoms with van der Waals surface area (Å²) in [7, 11) is 1.53. The number of nitrogens with zero attached hydrogens (tertiary/aromatic N) is 2. The number of carbonyl (C=O) groups excluding carboxylic acids is 1. The van der Waals surface area contributed by atoms with Gasteiger partial charge >= 0.3 is 0 Å². The average Bonchev–Trinajstić information content (AvgIpc) is 3.26. The average molecular weight is 363 g/mol. The number of hydrogen-bond donors (Lipinski definition) is 1. The van der Waals surface area contributed by atoms with E-state index < -0.39 is 6.10 Å². The summed E-state index contributed by atoms with van der Waals surface area (Å²) in [6, 6.07) is 17.1. The molecule has 1 amide bonds. The molecule has 0 aliphatic rings. The molecule has 5 nitrogen and oxygen atoms in total. The Labute approximate surface area is 154 Å². The minimum absolute atomic E-state index is 0.200. The molecule has 0 radical (unpaired) electrons. The molecule has 4 rings (SSSR count). The van der Waals surface area contributed by atoms with Crippen LogP contribution in [0.15, 0.2) is 72.4 Å². The van der Waals surface area contributed by atoms with Gasteiger partial charge in [0.25, 0.3) is 5.91 Å². The monoisotopic (exact) mass is 363 g/mol. The van der Waals surface area contributed by atoms with Gasteiger partial charge in [-0.15, -0.1) is 11.3 Å². The highest BCUT2D eigenvalue weighted by molar-refractivity contribution is 7.15. The zero-order valence-electron chi connectivity index (χ0n) is 14.1. The standard InChI is InChI=1S/C20H17N3O2S/c1-25-18(15-5-3-2-4-6-15)19(24)21-16-9-7-14(8-10-16)17-13-23-11-12-26-20(23)22-17/h2-13,18H,1H3,(H,21,24). The van der Waals surface area contributed by atoms with Crippen LogP contribution in [0.1, 0.15) is 11.7 Å². The largest absolute Gasteiger partial charge is 0.367 e. The molecular weight excluding hydrogens is 346 g/mol. The Bertz CT molecular complexity index is 994. The van der Waals surface area contributed by atoms with Gasteiger partial charge in [-0.05, 0) is 17.7 Å². The van der Waals surface area contributed by atoms with E-state index in [1.54, 1.807) is 11.3 Å². The highest BCUT2D eigenvalue weighted by Gasteiger charge is 2.19. The van der Waals surface area contributed by atoms with Gasteiger partial charge in [-0.2, -0.15) is 0 Å². The second kappa shape index (κ2) is 7.11. The molecule has 1 unspecified atom stereocenters. The Balaban J connectivity index is 1.50. The number of fused-ring (bicyclic) bond motifs is 1. The van der Waals surface area contributed by atoms with Gasteiger partial charge in [-0.25, -0.2) is 4.98 Å². The summed E-state index contributed by atoms with van der Waals surface area (Å²) >= 11 is 1.60. The van der Waals surface area contributed by atoms with Crippen LogP contribution in [0.5, 0.6) is 0 Å². The molecule has 0 bridgehead atoms. The summed E-state index contributed by atoms with van der Waals surface area (Å²) in [5.74, 6) is -0.200. The maximum Gasteiger partial charge on any atom is 0.258 e. The third-order valence-corrected chi connectivity index (χ3v) is 4.89. The van der Waals surface area contributed by atoms with Crippen molar-refractivity contribution in [2.75, 3.05) is 12.4 Å². The van der Waals surface area contributed by atoms with Crippen LogP contribution >= 0.6 is 11.3 Å². The van der Waals surface area contributed by atoms with Gasteiger partial charge in [0.1, 0.15) is 0 Å². The van der Waals surface area contributed by atoms with Crippen molar-refractivity contribution in [3.05, 3.63) is 77.9 Å². The Hall–Kier alpha value is -2.96. The topological polar surface area (TPSA) is 55.6 Å². The van der Waals surface area contributed by atoms with E-state index in [4.69, 9.17) is 4.74 Å². The molecule has 2 aromatic carbocycles. The van der Waals surface area contributed by atoms with Crippen LogP contribution < -0.4 is 5.32 Å². The number of methoxy groups -OCH3 is 1. The Morgan fingerprint density at radius 3 is 2.62 bits per heavy atom. The van der Waals surface area contributed by atoms with Crippen molar-refractivity contribution in [3.8, 4) is 11.3 Å². The fourth-order valence-electron chi connectivity index (χ4n) is 2.82. The SMILES string of the molecule is COC(C(=O)Nc1ccc(-c2cn3ccsc3n2)cc1)c1ccccc1. The molecule has 0 saturated heterocycles. The van der Waals surface area contributed by atoms with Crippen molar-refractivity contribution in [2.24, 2.45) is 0 Å². The molecule has 130 valence electrons. The molecule has 0 fully saturated rings. The number of imidazole rings is 1. The van der Waals surface area contributed by atoms with E-state index in [1.165, 1.54) is 7.11 Å². The number of hydrogen-bond acceptors (Lipinski definition) is 4. The number of nitrogens with one attached hydrogen (secondary N) is 1. The molecule has 0 aliphatic carbocycles. The second-order valence-corrected chi connectivity index (χ2v) is 6.69. The molecule has 0 saturated carbocycles. The Kier molecular flexibility index (Phi) is 4.51. The van der Waals surface area contributed by atoms with E-state index in [2.05, 4.69) is 10.3 Å². The molecule has 26 heavy (non-hydrogen) atoms. The minimum atomic E-state index is -0.643. The number of ether oxygens (including phenoxy) is 1. The van der Waals surface area contributed by atoms with Crippen molar-refractivity contribution in [1.82, 2.24) is 9.38 Å². The molecule has 2 aromatic heterocycles. The van der Waals surface area contributed by atoms with Crippen LogP contribution in [0.2, 0.25) is 0 Å². The van der Waals surface area contributed by atoms with Gasteiger partial charge in [0.05, 0.1) is 5.69 Å². The van der Waals surface area contributed by atoms with E-state index in [1.807, 2.05) is 76.8 Å². The molecule has 6 heteroatoms. The van der Waals surface area contributed by atoms with E-state index in [0.29, 0.717) is 0 Å². The first kappa shape index (κ1) is 16.5. The highest BCUT2D eigenvalue weighted by atomic mass is 32.1. The predicted molar refractivity (Wildman–Crippen MR) is 103 cm³/mol. The molecule has 0 aliphatic heterocycles. The van der Waals surface area contributed by atoms with Gasteiger partial charge < -0.3 is 10.1 Å². The van der Waals surface area contributed by atoms with Crippen LogP contribution in [0, 0.1) is 0 Å². The summed E-state index contributed by atoms with van der Waals surface area (Å²) in [4.78, 5) is 18.1.